The summed E-state index contributed by atoms with van der Waals surface area (Å²) in [5.41, 5.74) is 0.190. The Bertz CT molecular complexity index is 801. The molecule has 0 radical (unpaired) electrons. The van der Waals surface area contributed by atoms with Gasteiger partial charge in [-0.1, -0.05) is 12.1 Å². The number of anilines is 1. The average molecular weight is 317 g/mol. The molecule has 0 atom stereocenters. The lowest BCUT2D eigenvalue weighted by atomic mass is 10.0. The number of aromatic hydroxyl groups is 1. The van der Waals surface area contributed by atoms with Crippen LogP contribution in [0.3, 0.4) is 0 Å². The SMILES string of the molecule is CN(C)c1cccc2c(C=O)nc(C(=O)NCC(=O)O)c(O)c12. The summed E-state index contributed by atoms with van der Waals surface area (Å²) >= 11 is 0. The van der Waals surface area contributed by atoms with Crippen LogP contribution in [-0.4, -0.2) is 54.0 Å². The lowest BCUT2D eigenvalue weighted by molar-refractivity contribution is -0.135. The lowest BCUT2D eigenvalue weighted by Gasteiger charge is -2.18. The Morgan fingerprint density at radius 2 is 2.04 bits per heavy atom. The van der Waals surface area contributed by atoms with Crippen molar-refractivity contribution in [1.82, 2.24) is 10.3 Å². The molecule has 3 N–H and O–H groups in total. The number of fused-ring (bicyclic) bond motifs is 1. The number of carbonyl (C=O) groups excluding carboxylic acids is 2. The van der Waals surface area contributed by atoms with Crippen LogP contribution in [0.4, 0.5) is 5.69 Å². The molecule has 2 aromatic rings. The van der Waals surface area contributed by atoms with Gasteiger partial charge < -0.3 is 20.4 Å². The van der Waals surface area contributed by atoms with Gasteiger partial charge in [-0.15, -0.1) is 0 Å². The van der Waals surface area contributed by atoms with Crippen molar-refractivity contribution in [1.29, 1.82) is 0 Å². The zero-order valence-corrected chi connectivity index (χ0v) is 12.5. The monoisotopic (exact) mass is 317 g/mol. The van der Waals surface area contributed by atoms with E-state index < -0.39 is 29.9 Å². The van der Waals surface area contributed by atoms with Crippen LogP contribution in [0.15, 0.2) is 18.2 Å². The van der Waals surface area contributed by atoms with Crippen molar-refractivity contribution in [3.8, 4) is 5.75 Å². The molecule has 2 rings (SSSR count). The van der Waals surface area contributed by atoms with E-state index in [0.29, 0.717) is 22.7 Å². The van der Waals surface area contributed by atoms with E-state index in [9.17, 15) is 19.5 Å². The molecule has 1 amide bonds. The molecule has 0 fully saturated rings. The first-order valence-corrected chi connectivity index (χ1v) is 6.65. The van der Waals surface area contributed by atoms with Crippen molar-refractivity contribution in [3.63, 3.8) is 0 Å². The Morgan fingerprint density at radius 3 is 2.61 bits per heavy atom. The number of aromatic nitrogens is 1. The van der Waals surface area contributed by atoms with Crippen molar-refractivity contribution < 1.29 is 24.6 Å². The predicted octanol–water partition coefficient (Wildman–Crippen LogP) is 0.633. The molecule has 0 aliphatic heterocycles. The Balaban J connectivity index is 2.70. The van der Waals surface area contributed by atoms with E-state index in [1.807, 2.05) is 0 Å². The maximum atomic E-state index is 12.0. The zero-order chi connectivity index (χ0) is 17.1. The van der Waals surface area contributed by atoms with Gasteiger partial charge in [0, 0.05) is 25.2 Å². The minimum atomic E-state index is -1.23. The first-order valence-electron chi connectivity index (χ1n) is 6.65. The van der Waals surface area contributed by atoms with E-state index in [0.717, 1.165) is 0 Å². The van der Waals surface area contributed by atoms with Gasteiger partial charge in [0.2, 0.25) is 0 Å². The van der Waals surface area contributed by atoms with Crippen LogP contribution in [0.1, 0.15) is 21.0 Å². The van der Waals surface area contributed by atoms with Gasteiger partial charge in [0.1, 0.15) is 12.2 Å². The molecular weight excluding hydrogens is 302 g/mol. The standard InChI is InChI=1S/C15H15N3O5/c1-18(2)10-5-3-4-8-9(7-19)17-13(14(22)12(8)10)15(23)16-6-11(20)21/h3-5,7,22H,6H2,1-2H3,(H,16,23)(H,20,21). The first-order chi connectivity index (χ1) is 10.9. The highest BCUT2D eigenvalue weighted by atomic mass is 16.4. The van der Waals surface area contributed by atoms with Crippen LogP contribution in [-0.2, 0) is 4.79 Å². The van der Waals surface area contributed by atoms with Crippen LogP contribution in [0, 0.1) is 0 Å². The van der Waals surface area contributed by atoms with Gasteiger partial charge in [0.05, 0.1) is 5.39 Å². The summed E-state index contributed by atoms with van der Waals surface area (Å²) in [6.45, 7) is -0.621. The molecule has 8 nitrogen and oxygen atoms in total. The molecular formula is C15H15N3O5. The van der Waals surface area contributed by atoms with Crippen LogP contribution in [0.5, 0.6) is 5.75 Å². The molecule has 23 heavy (non-hydrogen) atoms. The summed E-state index contributed by atoms with van der Waals surface area (Å²) in [5, 5.41) is 21.8. The third kappa shape index (κ3) is 3.05. The second kappa shape index (κ2) is 6.30. The second-order valence-corrected chi connectivity index (χ2v) is 4.98. The molecule has 1 aromatic carbocycles. The van der Waals surface area contributed by atoms with E-state index in [-0.39, 0.29) is 5.69 Å². The summed E-state index contributed by atoms with van der Waals surface area (Å²) in [6, 6.07) is 5.03. The number of carboxylic acids is 1. The van der Waals surface area contributed by atoms with Gasteiger partial charge in [0.25, 0.3) is 5.91 Å². The van der Waals surface area contributed by atoms with Gasteiger partial charge in [-0.2, -0.15) is 0 Å². The number of hydrogen-bond donors (Lipinski definition) is 3. The molecule has 0 saturated heterocycles. The van der Waals surface area contributed by atoms with Gasteiger partial charge in [0.15, 0.2) is 17.7 Å². The fraction of sp³-hybridized carbons (Fsp3) is 0.200. The first kappa shape index (κ1) is 16.2. The normalized spacial score (nSPS) is 10.3. The summed E-state index contributed by atoms with van der Waals surface area (Å²) in [6.07, 6.45) is 0.481. The Labute approximate surface area is 131 Å². The quantitative estimate of drug-likeness (QED) is 0.692. The minimum absolute atomic E-state index is 0.0121. The summed E-state index contributed by atoms with van der Waals surface area (Å²) in [5.74, 6) is -2.51. The van der Waals surface area contributed by atoms with E-state index in [4.69, 9.17) is 5.11 Å². The number of carbonyl (C=O) groups is 3. The van der Waals surface area contributed by atoms with Gasteiger partial charge >= 0.3 is 5.97 Å². The summed E-state index contributed by atoms with van der Waals surface area (Å²) in [7, 11) is 3.50. The highest BCUT2D eigenvalue weighted by Gasteiger charge is 2.21. The van der Waals surface area contributed by atoms with E-state index in [1.54, 1.807) is 37.2 Å². The number of nitrogens with one attached hydrogen (secondary N) is 1. The van der Waals surface area contributed by atoms with Crippen molar-refractivity contribution >= 4 is 34.6 Å². The number of pyridine rings is 1. The fourth-order valence-corrected chi connectivity index (χ4v) is 2.21. The summed E-state index contributed by atoms with van der Waals surface area (Å²) in [4.78, 5) is 39.4. The number of benzene rings is 1. The van der Waals surface area contributed by atoms with Crippen molar-refractivity contribution in [2.75, 3.05) is 25.5 Å². The predicted molar refractivity (Wildman–Crippen MR) is 83.1 cm³/mol. The largest absolute Gasteiger partial charge is 0.505 e. The highest BCUT2D eigenvalue weighted by Crippen LogP contribution is 2.36. The molecule has 0 aliphatic rings. The minimum Gasteiger partial charge on any atom is -0.505 e. The highest BCUT2D eigenvalue weighted by molar-refractivity contribution is 6.10. The van der Waals surface area contributed by atoms with Crippen molar-refractivity contribution in [2.45, 2.75) is 0 Å². The number of rotatable bonds is 5. The second-order valence-electron chi connectivity index (χ2n) is 4.98. The number of hydrogen-bond acceptors (Lipinski definition) is 6. The maximum absolute atomic E-state index is 12.0. The molecule has 0 aliphatic carbocycles. The van der Waals surface area contributed by atoms with Crippen LogP contribution in [0.25, 0.3) is 10.8 Å². The van der Waals surface area contributed by atoms with E-state index in [2.05, 4.69) is 10.3 Å². The third-order valence-corrected chi connectivity index (χ3v) is 3.22. The molecule has 0 bridgehead atoms. The van der Waals surface area contributed by atoms with Crippen LogP contribution < -0.4 is 10.2 Å². The molecule has 0 unspecified atom stereocenters. The summed E-state index contributed by atoms with van der Waals surface area (Å²) < 4.78 is 0. The average Bonchev–Trinajstić information content (AvgIpc) is 2.52. The Morgan fingerprint density at radius 1 is 1.35 bits per heavy atom. The fourth-order valence-electron chi connectivity index (χ4n) is 2.21. The number of carboxylic acid groups (broad SMARTS) is 1. The van der Waals surface area contributed by atoms with E-state index in [1.165, 1.54) is 0 Å². The number of amides is 1. The number of aliphatic carboxylic acids is 1. The Hall–Kier alpha value is -3.16. The molecule has 1 aromatic heterocycles. The smallest absolute Gasteiger partial charge is 0.322 e. The molecule has 0 spiro atoms. The lowest BCUT2D eigenvalue weighted by Crippen LogP contribution is -2.30. The molecule has 0 saturated carbocycles. The molecule has 120 valence electrons. The molecule has 1 heterocycles. The van der Waals surface area contributed by atoms with Crippen LogP contribution in [0.2, 0.25) is 0 Å². The number of aldehydes is 1. The van der Waals surface area contributed by atoms with Crippen molar-refractivity contribution in [3.05, 3.63) is 29.6 Å². The zero-order valence-electron chi connectivity index (χ0n) is 12.5. The number of nitrogens with zero attached hydrogens (tertiary/aromatic N) is 2. The third-order valence-electron chi connectivity index (χ3n) is 3.22. The molecule has 8 heteroatoms. The van der Waals surface area contributed by atoms with Crippen LogP contribution >= 0.6 is 0 Å². The maximum Gasteiger partial charge on any atom is 0.322 e. The van der Waals surface area contributed by atoms with Gasteiger partial charge in [-0.25, -0.2) is 4.98 Å². The van der Waals surface area contributed by atoms with Crippen molar-refractivity contribution in [2.24, 2.45) is 0 Å². The topological polar surface area (TPSA) is 120 Å². The van der Waals surface area contributed by atoms with E-state index >= 15 is 0 Å². The van der Waals surface area contributed by atoms with Gasteiger partial charge in [-0.05, 0) is 6.07 Å². The Kier molecular flexibility index (Phi) is 4.44. The van der Waals surface area contributed by atoms with Gasteiger partial charge in [-0.3, -0.25) is 14.4 Å².